The van der Waals surface area contributed by atoms with Gasteiger partial charge in [-0.05, 0) is 116 Å². The fraction of sp³-hybridized carbons (Fsp3) is 0.658. The molecule has 1 unspecified atom stereocenters. The van der Waals surface area contributed by atoms with Crippen LogP contribution in [0.3, 0.4) is 0 Å². The van der Waals surface area contributed by atoms with Gasteiger partial charge in [0.05, 0.1) is 6.42 Å². The van der Waals surface area contributed by atoms with Gasteiger partial charge in [-0.1, -0.05) is 289 Å². The summed E-state index contributed by atoms with van der Waals surface area (Å²) in [6.07, 6.45) is 93.5. The average molecular weight is 1090 g/mol. The van der Waals surface area contributed by atoms with Gasteiger partial charge in [0.2, 0.25) is 0 Å². The average Bonchev–Trinajstić information content (AvgIpc) is 3.45. The van der Waals surface area contributed by atoms with Crippen molar-refractivity contribution in [3.63, 3.8) is 0 Å². The number of carbonyl (C=O) groups excluding carboxylic acids is 3. The van der Waals surface area contributed by atoms with Crippen LogP contribution in [0.4, 0.5) is 0 Å². The Morgan fingerprint density at radius 2 is 0.544 bits per heavy atom. The molecule has 79 heavy (non-hydrogen) atoms. The van der Waals surface area contributed by atoms with Crippen LogP contribution in [0, 0.1) is 0 Å². The maximum atomic E-state index is 12.9. The van der Waals surface area contributed by atoms with Gasteiger partial charge in [0, 0.05) is 12.8 Å². The molecule has 0 rings (SSSR count). The van der Waals surface area contributed by atoms with Crippen molar-refractivity contribution in [2.75, 3.05) is 13.2 Å². The van der Waals surface area contributed by atoms with E-state index < -0.39 is 12.1 Å². The van der Waals surface area contributed by atoms with Crippen molar-refractivity contribution >= 4 is 17.9 Å². The first-order valence-corrected chi connectivity index (χ1v) is 32.7. The second kappa shape index (κ2) is 66.1. The van der Waals surface area contributed by atoms with Crippen LogP contribution in [0.1, 0.15) is 290 Å². The lowest BCUT2D eigenvalue weighted by Gasteiger charge is -2.18. The molecule has 6 heteroatoms. The number of rotatable bonds is 58. The lowest BCUT2D eigenvalue weighted by atomic mass is 10.0. The molecule has 0 bridgehead atoms. The number of allylic oxidation sites excluding steroid dienone is 21. The molecule has 0 aliphatic heterocycles. The van der Waals surface area contributed by atoms with Crippen molar-refractivity contribution in [3.8, 4) is 0 Å². The molecule has 0 radical (unpaired) electrons. The van der Waals surface area contributed by atoms with Gasteiger partial charge in [-0.3, -0.25) is 14.4 Å². The second-order valence-electron chi connectivity index (χ2n) is 21.3. The van der Waals surface area contributed by atoms with E-state index in [0.717, 1.165) is 116 Å². The van der Waals surface area contributed by atoms with E-state index in [-0.39, 0.29) is 31.6 Å². The zero-order chi connectivity index (χ0) is 57.1. The van der Waals surface area contributed by atoms with E-state index >= 15 is 0 Å². The van der Waals surface area contributed by atoms with Crippen LogP contribution in [-0.2, 0) is 28.6 Å². The normalized spacial score (nSPS) is 13.0. The van der Waals surface area contributed by atoms with Crippen molar-refractivity contribution in [3.05, 3.63) is 134 Å². The van der Waals surface area contributed by atoms with Crippen molar-refractivity contribution in [1.82, 2.24) is 0 Å². The molecule has 0 aromatic heterocycles. The maximum absolute atomic E-state index is 12.9. The number of unbranched alkanes of at least 4 members (excludes halogenated alkanes) is 26. The Balaban J connectivity index is 4.35. The maximum Gasteiger partial charge on any atom is 0.309 e. The number of ether oxygens (including phenoxy) is 3. The first kappa shape index (κ1) is 74.5. The number of esters is 3. The van der Waals surface area contributed by atoms with Crippen LogP contribution in [0.15, 0.2) is 134 Å². The van der Waals surface area contributed by atoms with E-state index in [4.69, 9.17) is 14.2 Å². The highest BCUT2D eigenvalue weighted by Crippen LogP contribution is 2.16. The van der Waals surface area contributed by atoms with Crippen LogP contribution >= 0.6 is 0 Å². The summed E-state index contributed by atoms with van der Waals surface area (Å²) < 4.78 is 16.8. The zero-order valence-electron chi connectivity index (χ0n) is 51.3. The molecule has 448 valence electrons. The number of carbonyl (C=O) groups is 3. The van der Waals surface area contributed by atoms with Gasteiger partial charge < -0.3 is 14.2 Å². The van der Waals surface area contributed by atoms with Gasteiger partial charge in [0.15, 0.2) is 6.10 Å². The standard InChI is InChI=1S/C73H120O6/c1-4-7-10-13-16-19-22-25-28-30-31-32-33-34-35-36-37-38-39-40-41-43-45-48-51-54-57-60-63-66-72(75)78-69-70(68-77-71(74)65-62-59-56-53-50-47-44-27-24-21-18-15-12-9-6-3)79-73(76)67-64-61-58-55-52-49-46-42-29-26-23-20-17-14-11-8-5-2/h8-9,11-12,17-18,20-22,25-27,29-31,33-34,44,50,53,59,62,70H,4-7,10,13-16,19,23-24,28,32,35-43,45-49,51-52,54-58,60-61,63-69H2,1-3H3/b11-8-,12-9-,20-17-,21-18-,25-22-,29-26-,31-30-,34-33-,44-27-,53-50-,62-59-. The third-order valence-corrected chi connectivity index (χ3v) is 13.7. The summed E-state index contributed by atoms with van der Waals surface area (Å²) in [6, 6.07) is 0. The van der Waals surface area contributed by atoms with Crippen molar-refractivity contribution in [1.29, 1.82) is 0 Å². The molecule has 0 fully saturated rings. The summed E-state index contributed by atoms with van der Waals surface area (Å²) in [5, 5.41) is 0. The summed E-state index contributed by atoms with van der Waals surface area (Å²) >= 11 is 0. The Morgan fingerprint density at radius 1 is 0.278 bits per heavy atom. The highest BCUT2D eigenvalue weighted by molar-refractivity contribution is 5.72. The topological polar surface area (TPSA) is 78.9 Å². The number of hydrogen-bond acceptors (Lipinski definition) is 6. The molecule has 0 heterocycles. The van der Waals surface area contributed by atoms with Gasteiger partial charge >= 0.3 is 17.9 Å². The molecule has 0 amide bonds. The quantitative estimate of drug-likeness (QED) is 0.0261. The zero-order valence-corrected chi connectivity index (χ0v) is 51.3. The molecule has 0 aliphatic carbocycles. The van der Waals surface area contributed by atoms with Crippen LogP contribution in [0.25, 0.3) is 0 Å². The highest BCUT2D eigenvalue weighted by atomic mass is 16.6. The summed E-state index contributed by atoms with van der Waals surface area (Å²) in [4.78, 5) is 38.3. The van der Waals surface area contributed by atoms with Crippen molar-refractivity contribution in [2.45, 2.75) is 297 Å². The summed E-state index contributed by atoms with van der Waals surface area (Å²) in [6.45, 7) is 6.32. The van der Waals surface area contributed by atoms with E-state index in [0.29, 0.717) is 12.8 Å². The summed E-state index contributed by atoms with van der Waals surface area (Å²) in [5.41, 5.74) is 0. The first-order valence-electron chi connectivity index (χ1n) is 32.7. The Kier molecular flexibility index (Phi) is 62.3. The van der Waals surface area contributed by atoms with Crippen LogP contribution < -0.4 is 0 Å². The van der Waals surface area contributed by atoms with E-state index in [2.05, 4.69) is 142 Å². The Bertz CT molecular complexity index is 1680. The predicted molar refractivity (Wildman–Crippen MR) is 343 cm³/mol. The van der Waals surface area contributed by atoms with Gasteiger partial charge in [-0.15, -0.1) is 0 Å². The lowest BCUT2D eigenvalue weighted by Crippen LogP contribution is -2.30. The molecule has 0 aliphatic rings. The van der Waals surface area contributed by atoms with Gasteiger partial charge in [-0.25, -0.2) is 0 Å². The van der Waals surface area contributed by atoms with E-state index in [1.54, 1.807) is 6.08 Å². The second-order valence-corrected chi connectivity index (χ2v) is 21.3. The molecule has 0 saturated heterocycles. The SMILES string of the molecule is CC/C=C\C/C=C\C/C=C\C/C=C\C/C=C\CC(=O)OCC(COC(=O)CCCCCCCCCCCCCCCC/C=C\C/C=C\C/C=C\CCCCCCC)OC(=O)CCCCCCCCC/C=C\C/C=C\C/C=C\CC. The summed E-state index contributed by atoms with van der Waals surface area (Å²) in [7, 11) is 0. The largest absolute Gasteiger partial charge is 0.462 e. The lowest BCUT2D eigenvalue weighted by molar-refractivity contribution is -0.166. The minimum absolute atomic E-state index is 0.115. The predicted octanol–water partition coefficient (Wildman–Crippen LogP) is 22.5. The molecule has 0 spiro atoms. The Labute approximate surface area is 487 Å². The molecule has 0 aromatic carbocycles. The molecular weight excluding hydrogens is 973 g/mol. The monoisotopic (exact) mass is 1090 g/mol. The molecule has 6 nitrogen and oxygen atoms in total. The van der Waals surface area contributed by atoms with E-state index in [9.17, 15) is 14.4 Å². The van der Waals surface area contributed by atoms with Crippen LogP contribution in [0.5, 0.6) is 0 Å². The molecular formula is C73H120O6. The van der Waals surface area contributed by atoms with Crippen molar-refractivity contribution in [2.24, 2.45) is 0 Å². The molecule has 0 saturated carbocycles. The van der Waals surface area contributed by atoms with Gasteiger partial charge in [0.1, 0.15) is 13.2 Å². The fourth-order valence-corrected chi connectivity index (χ4v) is 8.83. The molecule has 1 atom stereocenters. The fourth-order valence-electron chi connectivity index (χ4n) is 8.83. The van der Waals surface area contributed by atoms with Crippen molar-refractivity contribution < 1.29 is 28.6 Å². The minimum Gasteiger partial charge on any atom is -0.462 e. The number of hydrogen-bond donors (Lipinski definition) is 0. The van der Waals surface area contributed by atoms with Crippen LogP contribution in [-0.4, -0.2) is 37.2 Å². The first-order chi connectivity index (χ1) is 39.0. The van der Waals surface area contributed by atoms with E-state index in [1.165, 1.54) is 135 Å². The molecule has 0 N–H and O–H groups in total. The van der Waals surface area contributed by atoms with Crippen LogP contribution in [0.2, 0.25) is 0 Å². The smallest absolute Gasteiger partial charge is 0.309 e. The van der Waals surface area contributed by atoms with Gasteiger partial charge in [0.25, 0.3) is 0 Å². The van der Waals surface area contributed by atoms with Gasteiger partial charge in [-0.2, -0.15) is 0 Å². The Hall–Kier alpha value is -4.45. The third-order valence-electron chi connectivity index (χ3n) is 13.7. The summed E-state index contributed by atoms with van der Waals surface area (Å²) in [5.74, 6) is -1.06. The third kappa shape index (κ3) is 64.3. The highest BCUT2D eigenvalue weighted by Gasteiger charge is 2.19. The molecule has 0 aromatic rings. The minimum atomic E-state index is -0.829. The Morgan fingerprint density at radius 3 is 0.886 bits per heavy atom. The van der Waals surface area contributed by atoms with E-state index in [1.807, 2.05) is 6.08 Å².